The quantitative estimate of drug-likeness (QED) is 0.525. The molecule has 0 atom stereocenters. The molecule has 1 fully saturated rings. The zero-order valence-electron chi connectivity index (χ0n) is 20.3. The van der Waals surface area contributed by atoms with Gasteiger partial charge in [-0.25, -0.2) is 13.2 Å². The number of rotatable bonds is 6. The summed E-state index contributed by atoms with van der Waals surface area (Å²) in [7, 11) is -3.50. The molecule has 0 radical (unpaired) electrons. The molecule has 3 aromatic carbocycles. The molecule has 190 valence electrons. The summed E-state index contributed by atoms with van der Waals surface area (Å²) in [6.07, 6.45) is 3.72. The standard InChI is InChI=1S/C29H28N2O5S/c32-29(33)23-10-11-28-27(20-23)26(25-9-5-4-8-24(25)21-36-28)12-14-30-15-17-31(18-16-30)37(34,35)19-13-22-6-2-1-3-7-22/h1-13,19-20H,14-18,21H2,(H,32,33). The number of sulfonamides is 1. The van der Waals surface area contributed by atoms with Crippen molar-refractivity contribution < 1.29 is 23.1 Å². The van der Waals surface area contributed by atoms with Crippen molar-refractivity contribution in [2.45, 2.75) is 6.61 Å². The number of fused-ring (bicyclic) bond motifs is 2. The maximum atomic E-state index is 12.8. The third kappa shape index (κ3) is 5.67. The van der Waals surface area contributed by atoms with Gasteiger partial charge in [0.25, 0.3) is 0 Å². The van der Waals surface area contributed by atoms with Gasteiger partial charge in [-0.05, 0) is 46.5 Å². The first-order chi connectivity index (χ1) is 17.9. The normalized spacial score (nSPS) is 17.7. The first-order valence-corrected chi connectivity index (χ1v) is 13.7. The highest BCUT2D eigenvalue weighted by atomic mass is 32.2. The Morgan fingerprint density at radius 3 is 2.41 bits per heavy atom. The minimum atomic E-state index is -3.50. The molecule has 0 bridgehead atoms. The van der Waals surface area contributed by atoms with Gasteiger partial charge in [-0.15, -0.1) is 0 Å². The number of hydrogen-bond acceptors (Lipinski definition) is 5. The van der Waals surface area contributed by atoms with Crippen molar-refractivity contribution in [2.24, 2.45) is 0 Å². The van der Waals surface area contributed by atoms with Crippen molar-refractivity contribution in [3.8, 4) is 5.75 Å². The summed E-state index contributed by atoms with van der Waals surface area (Å²) < 4.78 is 33.2. The molecule has 2 aliphatic heterocycles. The van der Waals surface area contributed by atoms with Crippen LogP contribution in [0.1, 0.15) is 32.6 Å². The first kappa shape index (κ1) is 25.0. The fraction of sp³-hybridized carbons (Fsp3) is 0.207. The van der Waals surface area contributed by atoms with Crippen molar-refractivity contribution in [1.82, 2.24) is 9.21 Å². The lowest BCUT2D eigenvalue weighted by Gasteiger charge is -2.32. The highest BCUT2D eigenvalue weighted by molar-refractivity contribution is 7.92. The Bertz CT molecular complexity index is 1460. The monoisotopic (exact) mass is 516 g/mol. The summed E-state index contributed by atoms with van der Waals surface area (Å²) in [5.41, 5.74) is 4.76. The van der Waals surface area contributed by atoms with Crippen LogP contribution < -0.4 is 4.74 Å². The van der Waals surface area contributed by atoms with Crippen LogP contribution in [-0.4, -0.2) is 61.4 Å². The average molecular weight is 517 g/mol. The smallest absolute Gasteiger partial charge is 0.335 e. The maximum absolute atomic E-state index is 12.8. The molecule has 0 saturated carbocycles. The lowest BCUT2D eigenvalue weighted by Crippen LogP contribution is -2.48. The molecule has 1 saturated heterocycles. The Morgan fingerprint density at radius 1 is 0.919 bits per heavy atom. The Hall–Kier alpha value is -3.72. The fourth-order valence-corrected chi connectivity index (χ4v) is 5.80. The molecule has 7 nitrogen and oxygen atoms in total. The lowest BCUT2D eigenvalue weighted by molar-refractivity contribution is 0.0696. The van der Waals surface area contributed by atoms with E-state index in [4.69, 9.17) is 4.74 Å². The second-order valence-corrected chi connectivity index (χ2v) is 10.9. The zero-order chi connectivity index (χ0) is 25.8. The molecule has 8 heteroatoms. The number of benzene rings is 3. The third-order valence-corrected chi connectivity index (χ3v) is 8.25. The van der Waals surface area contributed by atoms with E-state index < -0.39 is 16.0 Å². The van der Waals surface area contributed by atoms with Crippen LogP contribution in [0.3, 0.4) is 0 Å². The van der Waals surface area contributed by atoms with Gasteiger partial charge in [0.05, 0.1) is 5.56 Å². The van der Waals surface area contributed by atoms with Gasteiger partial charge in [0.2, 0.25) is 10.0 Å². The van der Waals surface area contributed by atoms with Crippen molar-refractivity contribution in [1.29, 1.82) is 0 Å². The molecule has 3 aromatic rings. The highest BCUT2D eigenvalue weighted by Crippen LogP contribution is 2.37. The third-order valence-electron chi connectivity index (χ3n) is 6.68. The van der Waals surface area contributed by atoms with Crippen molar-refractivity contribution in [3.63, 3.8) is 0 Å². The van der Waals surface area contributed by atoms with Crippen molar-refractivity contribution in [2.75, 3.05) is 32.7 Å². The Morgan fingerprint density at radius 2 is 1.65 bits per heavy atom. The topological polar surface area (TPSA) is 87.2 Å². The van der Waals surface area contributed by atoms with Crippen LogP contribution in [0, 0.1) is 0 Å². The number of hydrogen-bond donors (Lipinski definition) is 1. The van der Waals surface area contributed by atoms with E-state index in [1.165, 1.54) is 9.71 Å². The van der Waals surface area contributed by atoms with Crippen molar-refractivity contribution in [3.05, 3.63) is 112 Å². The highest BCUT2D eigenvalue weighted by Gasteiger charge is 2.25. The molecule has 1 N–H and O–H groups in total. The fourth-order valence-electron chi connectivity index (χ4n) is 4.63. The number of ether oxygens (including phenoxy) is 1. The Balaban J connectivity index is 1.33. The van der Waals surface area contributed by atoms with Crippen LogP contribution in [0.5, 0.6) is 5.75 Å². The largest absolute Gasteiger partial charge is 0.488 e. The Labute approximate surface area is 217 Å². The van der Waals surface area contributed by atoms with Crippen LogP contribution in [0.4, 0.5) is 0 Å². The Kier molecular flexibility index (Phi) is 7.23. The summed E-state index contributed by atoms with van der Waals surface area (Å²) in [5.74, 6) is -0.341. The van der Waals surface area contributed by atoms with Gasteiger partial charge in [-0.1, -0.05) is 60.7 Å². The maximum Gasteiger partial charge on any atom is 0.335 e. The number of carbonyl (C=O) groups is 1. The van der Waals surface area contributed by atoms with Gasteiger partial charge in [0.1, 0.15) is 12.4 Å². The summed E-state index contributed by atoms with van der Waals surface area (Å²) in [4.78, 5) is 13.8. The number of carboxylic acid groups (broad SMARTS) is 1. The summed E-state index contributed by atoms with van der Waals surface area (Å²) in [6, 6.07) is 22.3. The minimum absolute atomic E-state index is 0.204. The number of carboxylic acids is 1. The van der Waals surface area contributed by atoms with E-state index in [9.17, 15) is 18.3 Å². The average Bonchev–Trinajstić information content (AvgIpc) is 3.08. The van der Waals surface area contributed by atoms with E-state index >= 15 is 0 Å². The molecule has 0 aromatic heterocycles. The van der Waals surface area contributed by atoms with E-state index in [1.54, 1.807) is 24.3 Å². The molecule has 2 aliphatic rings. The molecule has 0 aliphatic carbocycles. The van der Waals surface area contributed by atoms with Crippen LogP contribution in [0.2, 0.25) is 0 Å². The van der Waals surface area contributed by atoms with Gasteiger partial charge in [0, 0.05) is 43.7 Å². The molecule has 37 heavy (non-hydrogen) atoms. The van der Waals surface area contributed by atoms with Crippen LogP contribution in [0.25, 0.3) is 11.6 Å². The van der Waals surface area contributed by atoms with Gasteiger partial charge >= 0.3 is 5.97 Å². The SMILES string of the molecule is O=C(O)c1ccc2c(c1)C(=CCN1CCN(S(=O)(=O)C=Cc3ccccc3)CC1)c1ccccc1CO2. The van der Waals surface area contributed by atoms with E-state index in [0.29, 0.717) is 45.1 Å². The van der Waals surface area contributed by atoms with E-state index in [0.717, 1.165) is 27.8 Å². The first-order valence-electron chi connectivity index (χ1n) is 12.2. The van der Waals surface area contributed by atoms with Crippen LogP contribution >= 0.6 is 0 Å². The van der Waals surface area contributed by atoms with E-state index in [1.807, 2.05) is 54.6 Å². The number of nitrogens with zero attached hydrogens (tertiary/aromatic N) is 2. The molecular formula is C29H28N2O5S. The predicted molar refractivity (Wildman–Crippen MR) is 144 cm³/mol. The molecule has 0 spiro atoms. The minimum Gasteiger partial charge on any atom is -0.488 e. The zero-order valence-corrected chi connectivity index (χ0v) is 21.1. The van der Waals surface area contributed by atoms with E-state index in [-0.39, 0.29) is 5.56 Å². The van der Waals surface area contributed by atoms with Gasteiger partial charge < -0.3 is 9.84 Å². The number of piperazine rings is 1. The second-order valence-electron chi connectivity index (χ2n) is 9.04. The van der Waals surface area contributed by atoms with Crippen LogP contribution in [0.15, 0.2) is 84.3 Å². The second kappa shape index (κ2) is 10.7. The summed E-state index contributed by atoms with van der Waals surface area (Å²) in [6.45, 7) is 3.02. The predicted octanol–water partition coefficient (Wildman–Crippen LogP) is 4.33. The lowest BCUT2D eigenvalue weighted by atomic mass is 9.93. The molecular weight excluding hydrogens is 488 g/mol. The molecule has 0 amide bonds. The van der Waals surface area contributed by atoms with Gasteiger partial charge in [-0.2, -0.15) is 4.31 Å². The van der Waals surface area contributed by atoms with Gasteiger partial charge in [0.15, 0.2) is 0 Å². The van der Waals surface area contributed by atoms with Gasteiger partial charge in [-0.3, -0.25) is 4.90 Å². The van der Waals surface area contributed by atoms with E-state index in [2.05, 4.69) is 11.0 Å². The van der Waals surface area contributed by atoms with Crippen molar-refractivity contribution >= 4 is 27.6 Å². The summed E-state index contributed by atoms with van der Waals surface area (Å²) >= 11 is 0. The summed E-state index contributed by atoms with van der Waals surface area (Å²) in [5, 5.41) is 10.8. The number of aromatic carboxylic acids is 1. The molecule has 0 unspecified atom stereocenters. The molecule has 5 rings (SSSR count). The van der Waals surface area contributed by atoms with Crippen LogP contribution in [-0.2, 0) is 16.6 Å². The molecule has 2 heterocycles.